The van der Waals surface area contributed by atoms with Crippen LogP contribution in [0.5, 0.6) is 0 Å². The molecule has 0 saturated heterocycles. The summed E-state index contributed by atoms with van der Waals surface area (Å²) in [5.41, 5.74) is 11.8. The quantitative estimate of drug-likeness (QED) is 0.541. The van der Waals surface area contributed by atoms with Crippen LogP contribution in [-0.2, 0) is 4.74 Å². The first-order valence-electron chi connectivity index (χ1n) is 5.37. The Morgan fingerprint density at radius 1 is 1.37 bits per heavy atom. The lowest BCUT2D eigenvalue weighted by atomic mass is 10.1. The SMILES string of the molecule is NC(=O)c1ccc(NCCOCC(F)(F)F)c(N)c1. The molecule has 0 saturated carbocycles. The number of carbonyl (C=O) groups is 1. The van der Waals surface area contributed by atoms with Gasteiger partial charge in [0, 0.05) is 12.1 Å². The number of nitrogen functional groups attached to an aromatic ring is 1. The number of hydrogen-bond acceptors (Lipinski definition) is 4. The number of hydrogen-bond donors (Lipinski definition) is 3. The summed E-state index contributed by atoms with van der Waals surface area (Å²) in [4.78, 5) is 10.9. The molecule has 1 rings (SSSR count). The van der Waals surface area contributed by atoms with Crippen molar-refractivity contribution in [2.24, 2.45) is 5.73 Å². The highest BCUT2D eigenvalue weighted by Gasteiger charge is 2.27. The number of nitrogens with two attached hydrogens (primary N) is 2. The van der Waals surface area contributed by atoms with E-state index in [1.54, 1.807) is 0 Å². The van der Waals surface area contributed by atoms with Crippen LogP contribution in [0.15, 0.2) is 18.2 Å². The number of alkyl halides is 3. The van der Waals surface area contributed by atoms with Crippen LogP contribution in [-0.4, -0.2) is 31.8 Å². The maximum Gasteiger partial charge on any atom is 0.411 e. The van der Waals surface area contributed by atoms with Gasteiger partial charge in [0.05, 0.1) is 18.0 Å². The second-order valence-electron chi connectivity index (χ2n) is 3.76. The van der Waals surface area contributed by atoms with Gasteiger partial charge in [0.15, 0.2) is 0 Å². The normalized spacial score (nSPS) is 11.3. The first-order valence-corrected chi connectivity index (χ1v) is 5.37. The molecule has 0 fully saturated rings. The van der Waals surface area contributed by atoms with Crippen LogP contribution in [0.25, 0.3) is 0 Å². The Balaban J connectivity index is 2.40. The molecule has 8 heteroatoms. The van der Waals surface area contributed by atoms with E-state index in [4.69, 9.17) is 11.5 Å². The minimum atomic E-state index is -4.33. The first kappa shape index (κ1) is 15.1. The smallest absolute Gasteiger partial charge is 0.397 e. The number of amides is 1. The highest BCUT2D eigenvalue weighted by Crippen LogP contribution is 2.19. The zero-order chi connectivity index (χ0) is 14.5. The van der Waals surface area contributed by atoms with Crippen molar-refractivity contribution in [2.75, 3.05) is 30.8 Å². The summed E-state index contributed by atoms with van der Waals surface area (Å²) in [6.45, 7) is -1.24. The predicted molar refractivity (Wildman–Crippen MR) is 64.7 cm³/mol. The fourth-order valence-corrected chi connectivity index (χ4v) is 1.32. The number of anilines is 2. The Hall–Kier alpha value is -1.96. The van der Waals surface area contributed by atoms with Gasteiger partial charge in [0.25, 0.3) is 0 Å². The number of primary amides is 1. The zero-order valence-corrected chi connectivity index (χ0v) is 9.96. The summed E-state index contributed by atoms with van der Waals surface area (Å²) in [6, 6.07) is 4.39. The van der Waals surface area contributed by atoms with Crippen LogP contribution in [0.4, 0.5) is 24.5 Å². The zero-order valence-electron chi connectivity index (χ0n) is 9.96. The van der Waals surface area contributed by atoms with E-state index in [-0.39, 0.29) is 24.4 Å². The van der Waals surface area contributed by atoms with Gasteiger partial charge in [-0.3, -0.25) is 4.79 Å². The molecule has 0 atom stereocenters. The molecule has 0 bridgehead atoms. The summed E-state index contributed by atoms with van der Waals surface area (Å²) >= 11 is 0. The third kappa shape index (κ3) is 5.47. The summed E-state index contributed by atoms with van der Waals surface area (Å²) in [6.07, 6.45) is -4.33. The van der Waals surface area contributed by atoms with Crippen LogP contribution in [0.1, 0.15) is 10.4 Å². The maximum absolute atomic E-state index is 11.8. The van der Waals surface area contributed by atoms with E-state index in [0.29, 0.717) is 5.69 Å². The third-order valence-corrected chi connectivity index (χ3v) is 2.16. The van der Waals surface area contributed by atoms with Crippen molar-refractivity contribution in [3.05, 3.63) is 23.8 Å². The molecule has 0 unspecified atom stereocenters. The van der Waals surface area contributed by atoms with E-state index < -0.39 is 18.7 Å². The van der Waals surface area contributed by atoms with E-state index in [1.807, 2.05) is 0 Å². The Kier molecular flexibility index (Phi) is 4.99. The van der Waals surface area contributed by atoms with Gasteiger partial charge in [-0.1, -0.05) is 0 Å². The lowest BCUT2D eigenvalue weighted by molar-refractivity contribution is -0.172. The Bertz CT molecular complexity index is 449. The summed E-state index contributed by atoms with van der Waals surface area (Å²) in [7, 11) is 0. The molecule has 0 aliphatic carbocycles. The van der Waals surface area contributed by atoms with Crippen molar-refractivity contribution in [2.45, 2.75) is 6.18 Å². The van der Waals surface area contributed by atoms with E-state index >= 15 is 0 Å². The minimum absolute atomic E-state index is 0.115. The van der Waals surface area contributed by atoms with Crippen molar-refractivity contribution in [1.29, 1.82) is 0 Å². The molecular formula is C11H14F3N3O2. The average molecular weight is 277 g/mol. The van der Waals surface area contributed by atoms with Crippen LogP contribution in [0.2, 0.25) is 0 Å². The largest absolute Gasteiger partial charge is 0.411 e. The fourth-order valence-electron chi connectivity index (χ4n) is 1.32. The molecule has 19 heavy (non-hydrogen) atoms. The first-order chi connectivity index (χ1) is 8.79. The Morgan fingerprint density at radius 2 is 2.05 bits per heavy atom. The summed E-state index contributed by atoms with van der Waals surface area (Å²) in [5, 5.41) is 2.80. The molecule has 0 heterocycles. The second kappa shape index (κ2) is 6.28. The Labute approximate surface area is 107 Å². The molecule has 0 aliphatic rings. The molecule has 0 spiro atoms. The number of nitrogens with one attached hydrogen (secondary N) is 1. The van der Waals surface area contributed by atoms with Gasteiger partial charge >= 0.3 is 6.18 Å². The van der Waals surface area contributed by atoms with Crippen molar-refractivity contribution in [3.8, 4) is 0 Å². The lowest BCUT2D eigenvalue weighted by Crippen LogP contribution is -2.20. The van der Waals surface area contributed by atoms with E-state index in [1.165, 1.54) is 18.2 Å². The highest BCUT2D eigenvalue weighted by atomic mass is 19.4. The highest BCUT2D eigenvalue weighted by molar-refractivity contribution is 5.94. The Morgan fingerprint density at radius 3 is 2.58 bits per heavy atom. The summed E-state index contributed by atoms with van der Waals surface area (Å²) in [5.74, 6) is -0.605. The molecule has 1 amide bonds. The van der Waals surface area contributed by atoms with E-state index in [9.17, 15) is 18.0 Å². The van der Waals surface area contributed by atoms with Crippen LogP contribution < -0.4 is 16.8 Å². The van der Waals surface area contributed by atoms with Crippen molar-refractivity contribution in [3.63, 3.8) is 0 Å². The van der Waals surface area contributed by atoms with Gasteiger partial charge in [-0.15, -0.1) is 0 Å². The fraction of sp³-hybridized carbons (Fsp3) is 0.364. The van der Waals surface area contributed by atoms with Gasteiger partial charge in [-0.25, -0.2) is 0 Å². The van der Waals surface area contributed by atoms with Gasteiger partial charge in [-0.05, 0) is 18.2 Å². The number of carbonyl (C=O) groups excluding carboxylic acids is 1. The molecule has 5 N–H and O–H groups in total. The average Bonchev–Trinajstić information content (AvgIpc) is 2.28. The van der Waals surface area contributed by atoms with Gasteiger partial charge in [-0.2, -0.15) is 13.2 Å². The standard InChI is InChI=1S/C11H14F3N3O2/c12-11(13,14)6-19-4-3-17-9-2-1-7(10(16)18)5-8(9)15/h1-2,5,17H,3-4,6,15H2,(H2,16,18). The lowest BCUT2D eigenvalue weighted by Gasteiger charge is -2.11. The number of benzene rings is 1. The van der Waals surface area contributed by atoms with E-state index in [0.717, 1.165) is 0 Å². The second-order valence-corrected chi connectivity index (χ2v) is 3.76. The van der Waals surface area contributed by atoms with Gasteiger partial charge in [0.1, 0.15) is 6.61 Å². The molecular weight excluding hydrogens is 263 g/mol. The summed E-state index contributed by atoms with van der Waals surface area (Å²) < 4.78 is 39.8. The van der Waals surface area contributed by atoms with Gasteiger partial charge < -0.3 is 21.5 Å². The van der Waals surface area contributed by atoms with E-state index in [2.05, 4.69) is 10.1 Å². The molecule has 0 radical (unpaired) electrons. The maximum atomic E-state index is 11.8. The molecule has 1 aromatic carbocycles. The molecule has 1 aromatic rings. The van der Waals surface area contributed by atoms with Gasteiger partial charge in [0.2, 0.25) is 5.91 Å². The number of ether oxygens (including phenoxy) is 1. The minimum Gasteiger partial charge on any atom is -0.397 e. The van der Waals surface area contributed by atoms with Crippen molar-refractivity contribution in [1.82, 2.24) is 0 Å². The molecule has 0 aromatic heterocycles. The van der Waals surface area contributed by atoms with Crippen molar-refractivity contribution < 1.29 is 22.7 Å². The molecule has 5 nitrogen and oxygen atoms in total. The monoisotopic (exact) mass is 277 g/mol. The molecule has 106 valence electrons. The third-order valence-electron chi connectivity index (χ3n) is 2.16. The number of rotatable bonds is 6. The van der Waals surface area contributed by atoms with Crippen LogP contribution >= 0.6 is 0 Å². The topological polar surface area (TPSA) is 90.4 Å². The molecule has 0 aliphatic heterocycles. The van der Waals surface area contributed by atoms with Crippen LogP contribution in [0, 0.1) is 0 Å². The van der Waals surface area contributed by atoms with Crippen molar-refractivity contribution >= 4 is 17.3 Å². The number of halogens is 3. The predicted octanol–water partition coefficient (Wildman–Crippen LogP) is 1.36. The van der Waals surface area contributed by atoms with Crippen LogP contribution in [0.3, 0.4) is 0 Å².